The summed E-state index contributed by atoms with van der Waals surface area (Å²) in [4.78, 5) is 23.1. The van der Waals surface area contributed by atoms with E-state index in [1.54, 1.807) is 31.4 Å². The van der Waals surface area contributed by atoms with E-state index in [1.807, 2.05) is 30.3 Å². The molecule has 28 heavy (non-hydrogen) atoms. The Balaban J connectivity index is 1.89. The summed E-state index contributed by atoms with van der Waals surface area (Å²) in [7, 11) is 1.54. The number of urea groups is 1. The second kappa shape index (κ2) is 10.9. The van der Waals surface area contributed by atoms with Gasteiger partial charge in [0.15, 0.2) is 0 Å². The summed E-state index contributed by atoms with van der Waals surface area (Å²) in [5.74, 6) is -0.286. The van der Waals surface area contributed by atoms with Crippen molar-refractivity contribution in [2.24, 2.45) is 0 Å². The molecule has 2 aromatic carbocycles. The molecule has 0 heterocycles. The van der Waals surface area contributed by atoms with Crippen molar-refractivity contribution in [3.8, 4) is 5.75 Å². The summed E-state index contributed by atoms with van der Waals surface area (Å²) < 4.78 is 5.13. The van der Waals surface area contributed by atoms with Gasteiger partial charge in [-0.3, -0.25) is 4.79 Å². The first-order valence-corrected chi connectivity index (χ1v) is 9.10. The number of carbonyl (C=O) groups is 2. The number of benzene rings is 2. The maximum Gasteiger partial charge on any atom is 0.315 e. The van der Waals surface area contributed by atoms with Crippen LogP contribution >= 0.6 is 0 Å². The van der Waals surface area contributed by atoms with Crippen molar-refractivity contribution in [1.29, 1.82) is 0 Å². The largest absolute Gasteiger partial charge is 0.497 e. The van der Waals surface area contributed by atoms with Crippen LogP contribution in [0.3, 0.4) is 0 Å². The molecule has 0 aliphatic heterocycles. The summed E-state index contributed by atoms with van der Waals surface area (Å²) in [6.45, 7) is 0.0238. The summed E-state index contributed by atoms with van der Waals surface area (Å²) in [5, 5.41) is 24.6. The number of carbonyl (C=O) groups excluding carboxylic acids is 1. The van der Waals surface area contributed by atoms with Crippen molar-refractivity contribution in [1.82, 2.24) is 10.6 Å². The molecule has 0 radical (unpaired) electrons. The SMILES string of the molecule is COc1cccc(C(O)CNC(=O)NC(CCC(=O)O)Cc2ccccc2)c1. The number of carboxylic acids is 1. The smallest absolute Gasteiger partial charge is 0.315 e. The normalized spacial score (nSPS) is 12.6. The Morgan fingerprint density at radius 2 is 1.86 bits per heavy atom. The number of hydrogen-bond acceptors (Lipinski definition) is 4. The van der Waals surface area contributed by atoms with E-state index in [2.05, 4.69) is 10.6 Å². The van der Waals surface area contributed by atoms with E-state index in [4.69, 9.17) is 9.84 Å². The van der Waals surface area contributed by atoms with Crippen LogP contribution in [-0.4, -0.2) is 41.9 Å². The first kappa shape index (κ1) is 21.2. The fourth-order valence-corrected chi connectivity index (χ4v) is 2.81. The topological polar surface area (TPSA) is 108 Å². The van der Waals surface area contributed by atoms with Crippen molar-refractivity contribution in [2.45, 2.75) is 31.4 Å². The van der Waals surface area contributed by atoms with E-state index in [0.717, 1.165) is 5.56 Å². The standard InChI is InChI=1S/C21H26N2O5/c1-28-18-9-5-8-16(13-18)19(24)14-22-21(27)23-17(10-11-20(25)26)12-15-6-3-2-4-7-15/h2-9,13,17,19,24H,10-12,14H2,1H3,(H,25,26)(H2,22,23,27). The van der Waals surface area contributed by atoms with Gasteiger partial charge in [-0.05, 0) is 36.1 Å². The monoisotopic (exact) mass is 386 g/mol. The Hall–Kier alpha value is -3.06. The second-order valence-electron chi connectivity index (χ2n) is 6.47. The van der Waals surface area contributed by atoms with Gasteiger partial charge in [0.25, 0.3) is 0 Å². The molecule has 2 rings (SSSR count). The van der Waals surface area contributed by atoms with Crippen LogP contribution in [0.15, 0.2) is 54.6 Å². The molecule has 0 fully saturated rings. The number of aliphatic carboxylic acids is 1. The van der Waals surface area contributed by atoms with Crippen molar-refractivity contribution in [3.05, 3.63) is 65.7 Å². The number of carboxylic acid groups (broad SMARTS) is 1. The van der Waals surface area contributed by atoms with Crippen LogP contribution in [0.25, 0.3) is 0 Å². The highest BCUT2D eigenvalue weighted by Crippen LogP contribution is 2.18. The minimum absolute atomic E-state index is 0.0238. The first-order chi connectivity index (χ1) is 13.5. The molecule has 2 unspecified atom stereocenters. The van der Waals surface area contributed by atoms with Crippen LogP contribution in [0.4, 0.5) is 4.79 Å². The summed E-state index contributed by atoms with van der Waals surface area (Å²) in [5.41, 5.74) is 1.64. The zero-order chi connectivity index (χ0) is 20.4. The van der Waals surface area contributed by atoms with E-state index in [-0.39, 0.29) is 19.0 Å². The van der Waals surface area contributed by atoms with Crippen molar-refractivity contribution in [3.63, 3.8) is 0 Å². The molecule has 7 heteroatoms. The number of ether oxygens (including phenoxy) is 1. The van der Waals surface area contributed by atoms with Crippen LogP contribution in [0.5, 0.6) is 5.75 Å². The highest BCUT2D eigenvalue weighted by molar-refractivity contribution is 5.74. The summed E-state index contributed by atoms with van der Waals surface area (Å²) >= 11 is 0. The van der Waals surface area contributed by atoms with Crippen LogP contribution in [-0.2, 0) is 11.2 Å². The Kier molecular flexibility index (Phi) is 8.30. The Bertz CT molecular complexity index is 766. The number of methoxy groups -OCH3 is 1. The fourth-order valence-electron chi connectivity index (χ4n) is 2.81. The molecule has 0 aliphatic rings. The van der Waals surface area contributed by atoms with Crippen molar-refractivity contribution < 1.29 is 24.5 Å². The van der Waals surface area contributed by atoms with Gasteiger partial charge in [-0.1, -0.05) is 42.5 Å². The van der Waals surface area contributed by atoms with Crippen LogP contribution < -0.4 is 15.4 Å². The van der Waals surface area contributed by atoms with E-state index < -0.39 is 18.1 Å². The van der Waals surface area contributed by atoms with Gasteiger partial charge in [0.05, 0.1) is 13.2 Å². The maximum atomic E-state index is 12.2. The highest BCUT2D eigenvalue weighted by atomic mass is 16.5. The first-order valence-electron chi connectivity index (χ1n) is 9.10. The molecule has 0 bridgehead atoms. The lowest BCUT2D eigenvalue weighted by molar-refractivity contribution is -0.137. The van der Waals surface area contributed by atoms with Crippen molar-refractivity contribution in [2.75, 3.05) is 13.7 Å². The Morgan fingerprint density at radius 3 is 2.54 bits per heavy atom. The fraction of sp³-hybridized carbons (Fsp3) is 0.333. The maximum absolute atomic E-state index is 12.2. The molecule has 0 saturated carbocycles. The van der Waals surface area contributed by atoms with Gasteiger partial charge in [0.1, 0.15) is 5.75 Å². The number of amides is 2. The number of nitrogens with one attached hydrogen (secondary N) is 2. The van der Waals surface area contributed by atoms with Crippen LogP contribution in [0.2, 0.25) is 0 Å². The third-order valence-electron chi connectivity index (χ3n) is 4.30. The zero-order valence-electron chi connectivity index (χ0n) is 15.8. The molecular formula is C21H26N2O5. The van der Waals surface area contributed by atoms with Crippen LogP contribution in [0, 0.1) is 0 Å². The van der Waals surface area contributed by atoms with Gasteiger partial charge in [0.2, 0.25) is 0 Å². The van der Waals surface area contributed by atoms with Gasteiger partial charge >= 0.3 is 12.0 Å². The minimum atomic E-state index is -0.909. The number of hydrogen-bond donors (Lipinski definition) is 4. The van der Waals surface area contributed by atoms with Gasteiger partial charge in [-0.2, -0.15) is 0 Å². The third-order valence-corrected chi connectivity index (χ3v) is 4.30. The number of aliphatic hydroxyl groups excluding tert-OH is 1. The molecule has 0 spiro atoms. The van der Waals surface area contributed by atoms with E-state index >= 15 is 0 Å². The predicted octanol–water partition coefficient (Wildman–Crippen LogP) is 2.50. The van der Waals surface area contributed by atoms with Gasteiger partial charge in [-0.25, -0.2) is 4.79 Å². The van der Waals surface area contributed by atoms with Gasteiger partial charge in [-0.15, -0.1) is 0 Å². The third kappa shape index (κ3) is 7.28. The Labute approximate surface area is 164 Å². The summed E-state index contributed by atoms with van der Waals surface area (Å²) in [6.07, 6.45) is -0.0762. The molecule has 2 atom stereocenters. The van der Waals surface area contributed by atoms with E-state index in [9.17, 15) is 14.7 Å². The lowest BCUT2D eigenvalue weighted by atomic mass is 10.0. The van der Waals surface area contributed by atoms with Crippen molar-refractivity contribution >= 4 is 12.0 Å². The summed E-state index contributed by atoms with van der Waals surface area (Å²) in [6, 6.07) is 15.8. The van der Waals surface area contributed by atoms with Gasteiger partial charge in [0, 0.05) is 19.0 Å². The average molecular weight is 386 g/mol. The van der Waals surface area contributed by atoms with Crippen LogP contribution in [0.1, 0.15) is 30.1 Å². The predicted molar refractivity (Wildman–Crippen MR) is 105 cm³/mol. The molecule has 7 nitrogen and oxygen atoms in total. The molecule has 0 aromatic heterocycles. The molecule has 0 saturated heterocycles. The Morgan fingerprint density at radius 1 is 1.11 bits per heavy atom. The van der Waals surface area contributed by atoms with E-state index in [0.29, 0.717) is 24.2 Å². The zero-order valence-corrected chi connectivity index (χ0v) is 15.8. The molecule has 0 aliphatic carbocycles. The molecule has 150 valence electrons. The lowest BCUT2D eigenvalue weighted by Gasteiger charge is -2.20. The molecule has 4 N–H and O–H groups in total. The lowest BCUT2D eigenvalue weighted by Crippen LogP contribution is -2.44. The quantitative estimate of drug-likeness (QED) is 0.502. The molecule has 2 amide bonds. The highest BCUT2D eigenvalue weighted by Gasteiger charge is 2.16. The molecular weight excluding hydrogens is 360 g/mol. The minimum Gasteiger partial charge on any atom is -0.497 e. The second-order valence-corrected chi connectivity index (χ2v) is 6.47. The number of aliphatic hydroxyl groups is 1. The number of rotatable bonds is 10. The average Bonchev–Trinajstić information content (AvgIpc) is 2.71. The molecule has 2 aromatic rings. The van der Waals surface area contributed by atoms with E-state index in [1.165, 1.54) is 0 Å². The van der Waals surface area contributed by atoms with Gasteiger partial charge < -0.3 is 25.6 Å².